The Morgan fingerprint density at radius 1 is 1.06 bits per heavy atom. The number of hydrogen-bond acceptors (Lipinski definition) is 3. The lowest BCUT2D eigenvalue weighted by molar-refractivity contribution is -0.131. The van der Waals surface area contributed by atoms with Gasteiger partial charge in [0.05, 0.1) is 12.5 Å². The van der Waals surface area contributed by atoms with Crippen molar-refractivity contribution >= 4 is 23.6 Å². The van der Waals surface area contributed by atoms with Gasteiger partial charge in [-0.15, -0.1) is 0 Å². The Balaban J connectivity index is 1.69. The summed E-state index contributed by atoms with van der Waals surface area (Å²) in [4.78, 5) is 25.9. The van der Waals surface area contributed by atoms with E-state index >= 15 is 0 Å². The first-order valence-electron chi connectivity index (χ1n) is 11.2. The van der Waals surface area contributed by atoms with Crippen LogP contribution in [0.15, 0.2) is 54.6 Å². The zero-order chi connectivity index (χ0) is 22.1. The molecule has 1 saturated heterocycles. The number of carboxylic acid groups (broad SMARTS) is 1. The number of aliphatic carboxylic acids is 1. The van der Waals surface area contributed by atoms with Gasteiger partial charge in [-0.1, -0.05) is 55.8 Å². The molecule has 2 aromatic rings. The lowest BCUT2D eigenvalue weighted by Gasteiger charge is -2.32. The number of amides is 1. The zero-order valence-corrected chi connectivity index (χ0v) is 18.2. The van der Waals surface area contributed by atoms with Crippen molar-refractivity contribution in [3.8, 4) is 0 Å². The van der Waals surface area contributed by atoms with Crippen LogP contribution in [-0.4, -0.2) is 30.1 Å². The predicted molar refractivity (Wildman–Crippen MR) is 125 cm³/mol. The van der Waals surface area contributed by atoms with Crippen LogP contribution in [0.2, 0.25) is 0 Å². The quantitative estimate of drug-likeness (QED) is 0.562. The molecule has 5 nitrogen and oxygen atoms in total. The third kappa shape index (κ3) is 6.71. The highest BCUT2D eigenvalue weighted by Gasteiger charge is 2.21. The van der Waals surface area contributed by atoms with E-state index in [4.69, 9.17) is 5.11 Å². The molecule has 0 aliphatic carbocycles. The maximum Gasteiger partial charge on any atom is 0.328 e. The first-order chi connectivity index (χ1) is 15.1. The summed E-state index contributed by atoms with van der Waals surface area (Å²) in [6.45, 7) is 4.30. The van der Waals surface area contributed by atoms with Crippen LogP contribution >= 0.6 is 0 Å². The molecule has 1 atom stereocenters. The van der Waals surface area contributed by atoms with Gasteiger partial charge in [-0.05, 0) is 54.5 Å². The third-order valence-electron chi connectivity index (χ3n) is 5.68. The molecule has 1 fully saturated rings. The lowest BCUT2D eigenvalue weighted by atomic mass is 9.98. The highest BCUT2D eigenvalue weighted by atomic mass is 16.4. The summed E-state index contributed by atoms with van der Waals surface area (Å²) in [6, 6.07) is 15.9. The van der Waals surface area contributed by atoms with Crippen molar-refractivity contribution < 1.29 is 14.7 Å². The summed E-state index contributed by atoms with van der Waals surface area (Å²) in [5.74, 6) is -0.976. The average molecular weight is 421 g/mol. The van der Waals surface area contributed by atoms with E-state index < -0.39 is 5.97 Å². The number of para-hydroxylation sites is 1. The van der Waals surface area contributed by atoms with E-state index in [2.05, 4.69) is 41.4 Å². The first-order valence-corrected chi connectivity index (χ1v) is 11.2. The van der Waals surface area contributed by atoms with E-state index in [0.717, 1.165) is 43.1 Å². The van der Waals surface area contributed by atoms with Crippen LogP contribution in [0.5, 0.6) is 0 Å². The molecule has 0 spiro atoms. The molecule has 31 heavy (non-hydrogen) atoms. The van der Waals surface area contributed by atoms with Crippen molar-refractivity contribution in [2.75, 3.05) is 18.0 Å². The number of nitrogens with one attached hydrogen (secondary N) is 1. The topological polar surface area (TPSA) is 69.6 Å². The van der Waals surface area contributed by atoms with Crippen molar-refractivity contribution in [2.24, 2.45) is 0 Å². The number of nitrogens with zero attached hydrogens (tertiary/aromatic N) is 1. The molecule has 0 aromatic heterocycles. The number of benzene rings is 2. The number of hydrogen-bond donors (Lipinski definition) is 2. The summed E-state index contributed by atoms with van der Waals surface area (Å²) < 4.78 is 0. The van der Waals surface area contributed by atoms with Gasteiger partial charge in [0.15, 0.2) is 0 Å². The fraction of sp³-hybridized carbons (Fsp3) is 0.385. The van der Waals surface area contributed by atoms with Crippen molar-refractivity contribution in [3.05, 3.63) is 71.3 Å². The summed E-state index contributed by atoms with van der Waals surface area (Å²) in [7, 11) is 0. The number of anilines is 1. The Morgan fingerprint density at radius 2 is 1.77 bits per heavy atom. The predicted octanol–water partition coefficient (Wildman–Crippen LogP) is 4.97. The maximum absolute atomic E-state index is 12.8. The minimum Gasteiger partial charge on any atom is -0.478 e. The number of carbonyl (C=O) groups excluding carboxylic acids is 1. The first kappa shape index (κ1) is 22.6. The minimum absolute atomic E-state index is 0.000672. The number of piperidine rings is 1. The molecule has 1 unspecified atom stereocenters. The van der Waals surface area contributed by atoms with Gasteiger partial charge in [-0.2, -0.15) is 0 Å². The molecular weight excluding hydrogens is 388 g/mol. The van der Waals surface area contributed by atoms with Crippen LogP contribution in [0.3, 0.4) is 0 Å². The highest BCUT2D eigenvalue weighted by molar-refractivity contribution is 5.85. The Labute approximate surface area is 184 Å². The van der Waals surface area contributed by atoms with Crippen LogP contribution in [-0.2, 0) is 16.0 Å². The van der Waals surface area contributed by atoms with Gasteiger partial charge in [0.1, 0.15) is 0 Å². The van der Waals surface area contributed by atoms with Gasteiger partial charge in [0.2, 0.25) is 5.91 Å². The van der Waals surface area contributed by atoms with Crippen LogP contribution in [0.25, 0.3) is 6.08 Å². The van der Waals surface area contributed by atoms with Gasteiger partial charge < -0.3 is 15.3 Å². The van der Waals surface area contributed by atoms with Gasteiger partial charge in [-0.25, -0.2) is 4.79 Å². The smallest absolute Gasteiger partial charge is 0.328 e. The summed E-state index contributed by atoms with van der Waals surface area (Å²) in [5, 5.41) is 12.0. The molecule has 1 aliphatic rings. The van der Waals surface area contributed by atoms with E-state index in [1.165, 1.54) is 30.5 Å². The standard InChI is InChI=1S/C26H32N2O3/c1-2-8-23(22-9-4-5-10-24(22)28-17-6-3-7-18-28)27-25(29)19-21-13-11-20(12-14-21)15-16-26(30)31/h4-5,9-16,23H,2-3,6-8,17-19H2,1H3,(H,27,29)(H,30,31). The molecule has 0 bridgehead atoms. The van der Waals surface area contributed by atoms with Gasteiger partial charge in [-0.3, -0.25) is 4.79 Å². The Hall–Kier alpha value is -3.08. The van der Waals surface area contributed by atoms with Gasteiger partial charge in [0.25, 0.3) is 0 Å². The largest absolute Gasteiger partial charge is 0.478 e. The molecule has 0 radical (unpaired) electrons. The molecule has 1 heterocycles. The second-order valence-electron chi connectivity index (χ2n) is 8.11. The second kappa shape index (κ2) is 11.3. The van der Waals surface area contributed by atoms with Gasteiger partial charge >= 0.3 is 5.97 Å². The minimum atomic E-state index is -0.977. The van der Waals surface area contributed by atoms with E-state index in [-0.39, 0.29) is 11.9 Å². The lowest BCUT2D eigenvalue weighted by Crippen LogP contribution is -2.34. The van der Waals surface area contributed by atoms with E-state index in [1.54, 1.807) is 6.08 Å². The van der Waals surface area contributed by atoms with Crippen molar-refractivity contribution in [1.29, 1.82) is 0 Å². The maximum atomic E-state index is 12.8. The van der Waals surface area contributed by atoms with Crippen LogP contribution in [0, 0.1) is 0 Å². The molecule has 2 N–H and O–H groups in total. The van der Waals surface area contributed by atoms with E-state index in [1.807, 2.05) is 24.3 Å². The highest BCUT2D eigenvalue weighted by Crippen LogP contribution is 2.31. The number of rotatable bonds is 9. The molecular formula is C26H32N2O3. The SMILES string of the molecule is CCCC(NC(=O)Cc1ccc(C=CC(=O)O)cc1)c1ccccc1N1CCCCC1. The van der Waals surface area contributed by atoms with Crippen molar-refractivity contribution in [1.82, 2.24) is 5.32 Å². The molecule has 1 aliphatic heterocycles. The summed E-state index contributed by atoms with van der Waals surface area (Å²) in [6.07, 6.45) is 8.57. The molecule has 5 heteroatoms. The average Bonchev–Trinajstić information content (AvgIpc) is 2.79. The third-order valence-corrected chi connectivity index (χ3v) is 5.68. The van der Waals surface area contributed by atoms with Gasteiger partial charge in [0, 0.05) is 24.9 Å². The fourth-order valence-corrected chi connectivity index (χ4v) is 4.14. The van der Waals surface area contributed by atoms with Crippen molar-refractivity contribution in [2.45, 2.75) is 51.5 Å². The Morgan fingerprint density at radius 3 is 2.45 bits per heavy atom. The monoisotopic (exact) mass is 420 g/mol. The van der Waals surface area contributed by atoms with E-state index in [0.29, 0.717) is 6.42 Å². The molecule has 3 rings (SSSR count). The number of carboxylic acids is 1. The molecule has 2 aromatic carbocycles. The van der Waals surface area contributed by atoms with Crippen LogP contribution in [0.1, 0.15) is 61.8 Å². The molecule has 1 amide bonds. The van der Waals surface area contributed by atoms with Crippen LogP contribution in [0.4, 0.5) is 5.69 Å². The van der Waals surface area contributed by atoms with Crippen molar-refractivity contribution in [3.63, 3.8) is 0 Å². The normalized spacial score (nSPS) is 15.1. The molecule has 164 valence electrons. The summed E-state index contributed by atoms with van der Waals surface area (Å²) in [5.41, 5.74) is 4.15. The fourth-order valence-electron chi connectivity index (χ4n) is 4.14. The molecule has 0 saturated carbocycles. The number of carbonyl (C=O) groups is 2. The van der Waals surface area contributed by atoms with Crippen LogP contribution < -0.4 is 10.2 Å². The zero-order valence-electron chi connectivity index (χ0n) is 18.2. The Bertz CT molecular complexity index is 899. The second-order valence-corrected chi connectivity index (χ2v) is 8.11. The van der Waals surface area contributed by atoms with E-state index in [9.17, 15) is 9.59 Å². The Kier molecular flexibility index (Phi) is 8.27. The summed E-state index contributed by atoms with van der Waals surface area (Å²) >= 11 is 0.